The van der Waals surface area contributed by atoms with Gasteiger partial charge in [0.1, 0.15) is 24.9 Å². The minimum absolute atomic E-state index is 0.0411. The van der Waals surface area contributed by atoms with Gasteiger partial charge in [-0.3, -0.25) is 4.79 Å². The molecule has 3 atom stereocenters. The molecule has 2 heterocycles. The third kappa shape index (κ3) is 2.30. The fraction of sp³-hybridized carbons (Fsp3) is 0.900. The number of hydrogen-bond acceptors (Lipinski definition) is 5. The van der Waals surface area contributed by atoms with Crippen molar-refractivity contribution in [2.24, 2.45) is 0 Å². The Morgan fingerprint density at radius 2 is 2.20 bits per heavy atom. The Balaban J connectivity index is 1.91. The fourth-order valence-electron chi connectivity index (χ4n) is 1.96. The minimum atomic E-state index is -0.562. The largest absolute Gasteiger partial charge is 0.463 e. The van der Waals surface area contributed by atoms with E-state index in [2.05, 4.69) is 0 Å². The lowest BCUT2D eigenvalue weighted by atomic mass is 10.2. The molecule has 2 saturated heterocycles. The molecule has 0 amide bonds. The van der Waals surface area contributed by atoms with Crippen molar-refractivity contribution in [3.05, 3.63) is 0 Å². The normalized spacial score (nSPS) is 37.7. The van der Waals surface area contributed by atoms with E-state index in [1.54, 1.807) is 0 Å². The summed E-state index contributed by atoms with van der Waals surface area (Å²) in [6.45, 7) is 5.85. The average Bonchev–Trinajstić information content (AvgIpc) is 2.56. The van der Waals surface area contributed by atoms with Crippen LogP contribution in [0.5, 0.6) is 0 Å². The Bertz CT molecular complexity index is 263. The zero-order chi connectivity index (χ0) is 11.1. The Kier molecular flexibility index (Phi) is 2.70. The third-order valence-corrected chi connectivity index (χ3v) is 2.51. The van der Waals surface area contributed by atoms with Crippen LogP contribution in [0.25, 0.3) is 0 Å². The first-order valence-electron chi connectivity index (χ1n) is 5.08. The molecule has 5 nitrogen and oxygen atoms in total. The van der Waals surface area contributed by atoms with Crippen LogP contribution < -0.4 is 0 Å². The van der Waals surface area contributed by atoms with Gasteiger partial charge in [0.2, 0.25) is 0 Å². The highest BCUT2D eigenvalue weighted by molar-refractivity contribution is 5.65. The van der Waals surface area contributed by atoms with Gasteiger partial charge in [-0.25, -0.2) is 0 Å². The molecule has 0 bridgehead atoms. The van der Waals surface area contributed by atoms with Crippen molar-refractivity contribution in [3.8, 4) is 0 Å². The Labute approximate surface area is 88.6 Å². The van der Waals surface area contributed by atoms with Crippen molar-refractivity contribution in [3.63, 3.8) is 0 Å². The van der Waals surface area contributed by atoms with Gasteiger partial charge in [0.25, 0.3) is 0 Å². The molecular weight excluding hydrogens is 200 g/mol. The standard InChI is InChI=1S/C10H16O5/c1-6(11)12-4-7-9-8(5-13-7)14-10(2,3)15-9/h7-9H,4-5H2,1-3H3. The summed E-state index contributed by atoms with van der Waals surface area (Å²) in [5.41, 5.74) is 0. The molecule has 0 spiro atoms. The zero-order valence-corrected chi connectivity index (χ0v) is 9.19. The van der Waals surface area contributed by atoms with Crippen molar-refractivity contribution < 1.29 is 23.7 Å². The number of ether oxygens (including phenoxy) is 4. The predicted molar refractivity (Wildman–Crippen MR) is 50.2 cm³/mol. The van der Waals surface area contributed by atoms with E-state index in [9.17, 15) is 4.79 Å². The smallest absolute Gasteiger partial charge is 0.302 e. The van der Waals surface area contributed by atoms with E-state index in [4.69, 9.17) is 18.9 Å². The SMILES string of the molecule is CC(=O)OCC1OCC2OC(C)(C)OC12. The third-order valence-electron chi connectivity index (χ3n) is 2.51. The van der Waals surface area contributed by atoms with E-state index in [1.165, 1.54) is 6.92 Å². The van der Waals surface area contributed by atoms with Crippen LogP contribution in [0.2, 0.25) is 0 Å². The van der Waals surface area contributed by atoms with Gasteiger partial charge in [-0.15, -0.1) is 0 Å². The molecule has 15 heavy (non-hydrogen) atoms. The van der Waals surface area contributed by atoms with Crippen molar-refractivity contribution in [1.29, 1.82) is 0 Å². The Morgan fingerprint density at radius 3 is 2.87 bits per heavy atom. The molecule has 0 aromatic carbocycles. The van der Waals surface area contributed by atoms with Gasteiger partial charge in [0.05, 0.1) is 6.61 Å². The number of carbonyl (C=O) groups is 1. The summed E-state index contributed by atoms with van der Waals surface area (Å²) in [7, 11) is 0. The molecule has 86 valence electrons. The fourth-order valence-corrected chi connectivity index (χ4v) is 1.96. The summed E-state index contributed by atoms with van der Waals surface area (Å²) in [6.07, 6.45) is -0.374. The number of esters is 1. The number of fused-ring (bicyclic) bond motifs is 1. The molecule has 0 radical (unpaired) electrons. The van der Waals surface area contributed by atoms with Gasteiger partial charge >= 0.3 is 5.97 Å². The Hall–Kier alpha value is -0.650. The summed E-state index contributed by atoms with van der Waals surface area (Å²) in [5.74, 6) is -0.867. The topological polar surface area (TPSA) is 54.0 Å². The van der Waals surface area contributed by atoms with Crippen molar-refractivity contribution in [1.82, 2.24) is 0 Å². The molecule has 0 aromatic heterocycles. The average molecular weight is 216 g/mol. The molecule has 2 rings (SSSR count). The first-order chi connectivity index (χ1) is 6.98. The van der Waals surface area contributed by atoms with E-state index in [1.807, 2.05) is 13.8 Å². The monoisotopic (exact) mass is 216 g/mol. The van der Waals surface area contributed by atoms with Gasteiger partial charge in [-0.2, -0.15) is 0 Å². The van der Waals surface area contributed by atoms with E-state index >= 15 is 0 Å². The quantitative estimate of drug-likeness (QED) is 0.628. The molecule has 0 saturated carbocycles. The lowest BCUT2D eigenvalue weighted by molar-refractivity contribution is -0.181. The highest BCUT2D eigenvalue weighted by atomic mass is 16.8. The highest BCUT2D eigenvalue weighted by Crippen LogP contribution is 2.35. The highest BCUT2D eigenvalue weighted by Gasteiger charge is 2.50. The second kappa shape index (κ2) is 3.73. The molecule has 5 heteroatoms. The van der Waals surface area contributed by atoms with Gasteiger partial charge < -0.3 is 18.9 Å². The second-order valence-electron chi connectivity index (χ2n) is 4.31. The van der Waals surface area contributed by atoms with Crippen LogP contribution in [0.4, 0.5) is 0 Å². The number of rotatable bonds is 2. The first-order valence-corrected chi connectivity index (χ1v) is 5.08. The maximum atomic E-state index is 10.7. The zero-order valence-electron chi connectivity index (χ0n) is 9.19. The first kappa shape index (κ1) is 10.9. The maximum absolute atomic E-state index is 10.7. The predicted octanol–water partition coefficient (Wildman–Crippen LogP) is 0.468. The molecule has 3 unspecified atom stereocenters. The van der Waals surface area contributed by atoms with Crippen LogP contribution in [0, 0.1) is 0 Å². The lowest BCUT2D eigenvalue weighted by Crippen LogP contribution is -2.33. The van der Waals surface area contributed by atoms with E-state index in [-0.39, 0.29) is 30.9 Å². The molecule has 2 aliphatic rings. The molecule has 0 aromatic rings. The van der Waals surface area contributed by atoms with Crippen LogP contribution in [-0.4, -0.2) is 43.3 Å². The van der Waals surface area contributed by atoms with E-state index in [0.717, 1.165) is 0 Å². The van der Waals surface area contributed by atoms with Crippen LogP contribution in [0.3, 0.4) is 0 Å². The minimum Gasteiger partial charge on any atom is -0.463 e. The van der Waals surface area contributed by atoms with Crippen LogP contribution in [0.1, 0.15) is 20.8 Å². The molecule has 0 N–H and O–H groups in total. The van der Waals surface area contributed by atoms with Crippen LogP contribution in [0.15, 0.2) is 0 Å². The van der Waals surface area contributed by atoms with Crippen LogP contribution >= 0.6 is 0 Å². The molecular formula is C10H16O5. The van der Waals surface area contributed by atoms with E-state index in [0.29, 0.717) is 6.61 Å². The van der Waals surface area contributed by atoms with E-state index < -0.39 is 5.79 Å². The lowest BCUT2D eigenvalue weighted by Gasteiger charge is -2.21. The van der Waals surface area contributed by atoms with Gasteiger partial charge in [-0.1, -0.05) is 0 Å². The molecule has 0 aliphatic carbocycles. The van der Waals surface area contributed by atoms with Crippen molar-refractivity contribution >= 4 is 5.97 Å². The second-order valence-corrected chi connectivity index (χ2v) is 4.31. The summed E-state index contributed by atoms with van der Waals surface area (Å²) >= 11 is 0. The summed E-state index contributed by atoms with van der Waals surface area (Å²) in [6, 6.07) is 0. The number of hydrogen-bond donors (Lipinski definition) is 0. The molecule has 2 fully saturated rings. The number of carbonyl (C=O) groups excluding carboxylic acids is 1. The maximum Gasteiger partial charge on any atom is 0.302 e. The van der Waals surface area contributed by atoms with Gasteiger partial charge in [0, 0.05) is 6.92 Å². The van der Waals surface area contributed by atoms with Crippen LogP contribution in [-0.2, 0) is 23.7 Å². The Morgan fingerprint density at radius 1 is 1.47 bits per heavy atom. The molecule has 2 aliphatic heterocycles. The van der Waals surface area contributed by atoms with Crippen molar-refractivity contribution in [2.75, 3.05) is 13.2 Å². The summed E-state index contributed by atoms with van der Waals surface area (Å²) in [5, 5.41) is 0. The van der Waals surface area contributed by atoms with Crippen molar-refractivity contribution in [2.45, 2.75) is 44.9 Å². The summed E-state index contributed by atoms with van der Waals surface area (Å²) < 4.78 is 21.6. The van der Waals surface area contributed by atoms with Gasteiger partial charge in [-0.05, 0) is 13.8 Å². The van der Waals surface area contributed by atoms with Gasteiger partial charge in [0.15, 0.2) is 5.79 Å². The summed E-state index contributed by atoms with van der Waals surface area (Å²) in [4.78, 5) is 10.7.